The van der Waals surface area contributed by atoms with E-state index in [1.807, 2.05) is 0 Å². The van der Waals surface area contributed by atoms with Crippen LogP contribution in [0, 0.1) is 0 Å². The maximum absolute atomic E-state index is 6.07. The first kappa shape index (κ1) is 13.0. The number of likely N-dealkylation sites (N-methyl/N-ethyl adjacent to an activating group) is 1. The van der Waals surface area contributed by atoms with Crippen molar-refractivity contribution in [1.82, 2.24) is 0 Å². The van der Waals surface area contributed by atoms with E-state index >= 15 is 0 Å². The number of hydrogen-bond donors (Lipinski definition) is 1. The molecule has 0 saturated carbocycles. The zero-order valence-electron chi connectivity index (χ0n) is 11.9. The molecule has 0 saturated heterocycles. The Morgan fingerprint density at radius 3 is 2.30 bits per heavy atom. The Balaban J connectivity index is 2.00. The average Bonchev–Trinajstić information content (AvgIpc) is 2.52. The number of anilines is 2. The van der Waals surface area contributed by atoms with E-state index in [9.17, 15) is 0 Å². The van der Waals surface area contributed by atoms with Crippen molar-refractivity contribution in [1.29, 1.82) is 0 Å². The minimum Gasteiger partial charge on any atom is -0.371 e. The van der Waals surface area contributed by atoms with Gasteiger partial charge in [0, 0.05) is 26.7 Å². The van der Waals surface area contributed by atoms with Crippen molar-refractivity contribution < 1.29 is 0 Å². The Labute approximate surface area is 120 Å². The lowest BCUT2D eigenvalue weighted by atomic mass is 10.0. The first-order valence-electron chi connectivity index (χ1n) is 7.13. The molecule has 2 aromatic rings. The summed E-state index contributed by atoms with van der Waals surface area (Å²) in [6, 6.07) is 19.4. The highest BCUT2D eigenvalue weighted by Crippen LogP contribution is 2.36. The van der Waals surface area contributed by atoms with Crippen molar-refractivity contribution in [3.8, 4) is 0 Å². The van der Waals surface area contributed by atoms with Gasteiger partial charge in [-0.3, -0.25) is 0 Å². The van der Waals surface area contributed by atoms with Gasteiger partial charge >= 0.3 is 0 Å². The molecule has 0 amide bonds. The van der Waals surface area contributed by atoms with Crippen LogP contribution in [0.5, 0.6) is 0 Å². The van der Waals surface area contributed by atoms with E-state index in [-0.39, 0.29) is 6.04 Å². The van der Waals surface area contributed by atoms with E-state index in [0.717, 1.165) is 13.1 Å². The molecule has 1 aliphatic rings. The fourth-order valence-corrected chi connectivity index (χ4v) is 2.97. The molecule has 0 bridgehead atoms. The molecule has 1 heterocycles. The molecule has 3 heteroatoms. The maximum Gasteiger partial charge on any atom is 0.0666 e. The van der Waals surface area contributed by atoms with Gasteiger partial charge in [-0.1, -0.05) is 42.5 Å². The van der Waals surface area contributed by atoms with Crippen molar-refractivity contribution in [2.45, 2.75) is 6.04 Å². The van der Waals surface area contributed by atoms with Crippen LogP contribution in [0.25, 0.3) is 0 Å². The van der Waals surface area contributed by atoms with Gasteiger partial charge in [-0.2, -0.15) is 0 Å². The third-order valence-electron chi connectivity index (χ3n) is 4.06. The predicted octanol–water partition coefficient (Wildman–Crippen LogP) is 2.64. The van der Waals surface area contributed by atoms with Crippen LogP contribution in [0.1, 0.15) is 11.6 Å². The number of rotatable bonds is 3. The zero-order chi connectivity index (χ0) is 13.9. The summed E-state index contributed by atoms with van der Waals surface area (Å²) >= 11 is 0. The molecule has 0 spiro atoms. The van der Waals surface area contributed by atoms with Crippen LogP contribution in [0.4, 0.5) is 11.4 Å². The first-order valence-corrected chi connectivity index (χ1v) is 7.13. The van der Waals surface area contributed by atoms with Gasteiger partial charge in [0.2, 0.25) is 0 Å². The summed E-state index contributed by atoms with van der Waals surface area (Å²) in [5, 5.41) is 0. The molecule has 3 rings (SSSR count). The molecule has 20 heavy (non-hydrogen) atoms. The van der Waals surface area contributed by atoms with E-state index in [1.165, 1.54) is 16.9 Å². The standard InChI is InChI=1S/C17H21N3/c1-19-11-12-20(16-10-6-5-9-15(16)19)17(13-18)14-7-3-2-4-8-14/h2-10,17H,11-13,18H2,1H3. The van der Waals surface area contributed by atoms with Crippen molar-refractivity contribution in [3.05, 3.63) is 60.2 Å². The largest absolute Gasteiger partial charge is 0.371 e. The summed E-state index contributed by atoms with van der Waals surface area (Å²) in [7, 11) is 2.15. The van der Waals surface area contributed by atoms with Crippen LogP contribution in [0.2, 0.25) is 0 Å². The fraction of sp³-hybridized carbons (Fsp3) is 0.294. The van der Waals surface area contributed by atoms with Gasteiger partial charge in [-0.15, -0.1) is 0 Å². The lowest BCUT2D eigenvalue weighted by Crippen LogP contribution is -2.43. The third kappa shape index (κ3) is 2.25. The highest BCUT2D eigenvalue weighted by atomic mass is 15.3. The molecule has 3 nitrogen and oxygen atoms in total. The number of hydrogen-bond acceptors (Lipinski definition) is 3. The molecule has 1 atom stereocenters. The topological polar surface area (TPSA) is 32.5 Å². The van der Waals surface area contributed by atoms with Crippen LogP contribution in [0.3, 0.4) is 0 Å². The molecular formula is C17H21N3. The minimum atomic E-state index is 0.242. The van der Waals surface area contributed by atoms with E-state index in [2.05, 4.69) is 71.4 Å². The molecular weight excluding hydrogens is 246 g/mol. The Kier molecular flexibility index (Phi) is 3.61. The molecule has 104 valence electrons. The summed E-state index contributed by atoms with van der Waals surface area (Å²) in [5.41, 5.74) is 9.92. The van der Waals surface area contributed by atoms with Crippen LogP contribution in [0.15, 0.2) is 54.6 Å². The predicted molar refractivity (Wildman–Crippen MR) is 85.3 cm³/mol. The summed E-state index contributed by atoms with van der Waals surface area (Å²) in [5.74, 6) is 0. The van der Waals surface area contributed by atoms with Crippen LogP contribution in [-0.2, 0) is 0 Å². The second kappa shape index (κ2) is 5.55. The van der Waals surface area contributed by atoms with Gasteiger partial charge in [0.25, 0.3) is 0 Å². The smallest absolute Gasteiger partial charge is 0.0666 e. The summed E-state index contributed by atoms with van der Waals surface area (Å²) in [6.07, 6.45) is 0. The van der Waals surface area contributed by atoms with Crippen LogP contribution < -0.4 is 15.5 Å². The molecule has 2 N–H and O–H groups in total. The van der Waals surface area contributed by atoms with Crippen molar-refractivity contribution in [2.24, 2.45) is 5.73 Å². The Bertz CT molecular complexity index is 567. The second-order valence-corrected chi connectivity index (χ2v) is 5.27. The molecule has 1 aliphatic heterocycles. The van der Waals surface area contributed by atoms with Gasteiger partial charge < -0.3 is 15.5 Å². The normalized spacial score (nSPS) is 15.9. The van der Waals surface area contributed by atoms with Gasteiger partial charge in [-0.25, -0.2) is 0 Å². The van der Waals surface area contributed by atoms with E-state index < -0.39 is 0 Å². The van der Waals surface area contributed by atoms with Gasteiger partial charge in [0.15, 0.2) is 0 Å². The molecule has 0 aromatic heterocycles. The van der Waals surface area contributed by atoms with Gasteiger partial charge in [0.1, 0.15) is 0 Å². The van der Waals surface area contributed by atoms with Crippen LogP contribution >= 0.6 is 0 Å². The fourth-order valence-electron chi connectivity index (χ4n) is 2.97. The van der Waals surface area contributed by atoms with E-state index in [4.69, 9.17) is 5.73 Å². The number of fused-ring (bicyclic) bond motifs is 1. The highest BCUT2D eigenvalue weighted by molar-refractivity contribution is 5.73. The minimum absolute atomic E-state index is 0.242. The van der Waals surface area contributed by atoms with Crippen molar-refractivity contribution >= 4 is 11.4 Å². The Morgan fingerprint density at radius 2 is 1.60 bits per heavy atom. The summed E-state index contributed by atoms with van der Waals surface area (Å²) in [6.45, 7) is 2.66. The number of nitrogens with zero attached hydrogens (tertiary/aromatic N) is 2. The molecule has 0 radical (unpaired) electrons. The monoisotopic (exact) mass is 267 g/mol. The van der Waals surface area contributed by atoms with Gasteiger partial charge in [0.05, 0.1) is 17.4 Å². The second-order valence-electron chi connectivity index (χ2n) is 5.27. The SMILES string of the molecule is CN1CCN(C(CN)c2ccccc2)c2ccccc21. The van der Waals surface area contributed by atoms with Gasteiger partial charge in [-0.05, 0) is 17.7 Å². The molecule has 0 aliphatic carbocycles. The van der Waals surface area contributed by atoms with E-state index in [1.54, 1.807) is 0 Å². The quantitative estimate of drug-likeness (QED) is 0.928. The first-order chi connectivity index (χ1) is 9.81. The molecule has 2 aromatic carbocycles. The zero-order valence-corrected chi connectivity index (χ0v) is 11.9. The van der Waals surface area contributed by atoms with Crippen LogP contribution in [-0.4, -0.2) is 26.7 Å². The number of benzene rings is 2. The molecule has 0 fully saturated rings. The Morgan fingerprint density at radius 1 is 0.950 bits per heavy atom. The molecule has 1 unspecified atom stereocenters. The third-order valence-corrected chi connectivity index (χ3v) is 4.06. The van der Waals surface area contributed by atoms with Crippen molar-refractivity contribution in [3.63, 3.8) is 0 Å². The number of nitrogens with two attached hydrogens (primary N) is 1. The van der Waals surface area contributed by atoms with E-state index in [0.29, 0.717) is 6.54 Å². The highest BCUT2D eigenvalue weighted by Gasteiger charge is 2.26. The summed E-state index contributed by atoms with van der Waals surface area (Å²) < 4.78 is 0. The summed E-state index contributed by atoms with van der Waals surface area (Å²) in [4.78, 5) is 4.75. The lowest BCUT2D eigenvalue weighted by Gasteiger charge is -2.41. The average molecular weight is 267 g/mol. The lowest BCUT2D eigenvalue weighted by molar-refractivity contribution is 0.610. The Hall–Kier alpha value is -2.00. The number of para-hydroxylation sites is 2. The van der Waals surface area contributed by atoms with Crippen molar-refractivity contribution in [2.75, 3.05) is 36.5 Å². The maximum atomic E-state index is 6.07.